The second kappa shape index (κ2) is 14.8. The van der Waals surface area contributed by atoms with Crippen LogP contribution in [-0.4, -0.2) is 84.6 Å². The lowest BCUT2D eigenvalue weighted by Crippen LogP contribution is -2.35. The third kappa shape index (κ3) is 10.5. The Bertz CT molecular complexity index is 1100. The van der Waals surface area contributed by atoms with Crippen LogP contribution in [0.15, 0.2) is 21.9 Å². The summed E-state index contributed by atoms with van der Waals surface area (Å²) in [5.74, 6) is -0.409. The zero-order chi connectivity index (χ0) is 28.5. The second-order valence-electron chi connectivity index (χ2n) is 9.45. The van der Waals surface area contributed by atoms with Crippen molar-refractivity contribution < 1.29 is 32.8 Å². The number of rotatable bonds is 15. The molecule has 15 heteroatoms. The van der Waals surface area contributed by atoms with Crippen molar-refractivity contribution in [2.45, 2.75) is 64.8 Å². The molecule has 1 fully saturated rings. The van der Waals surface area contributed by atoms with E-state index in [-0.39, 0.29) is 24.7 Å². The number of nitrogens with zero attached hydrogens (tertiary/aromatic N) is 2. The van der Waals surface area contributed by atoms with Crippen LogP contribution in [0.1, 0.15) is 45.9 Å². The summed E-state index contributed by atoms with van der Waals surface area (Å²) in [7, 11) is -2.69. The molecule has 4 unspecified atom stereocenters. The molecule has 2 rings (SSSR count). The molecule has 1 amide bonds. The van der Waals surface area contributed by atoms with Gasteiger partial charge in [0.25, 0.3) is 13.4 Å². The highest BCUT2D eigenvalue weighted by atomic mass is 31.2. The first-order chi connectivity index (χ1) is 17.8. The summed E-state index contributed by atoms with van der Waals surface area (Å²) in [5, 5.41) is 2.71. The molecule has 0 aliphatic carbocycles. The van der Waals surface area contributed by atoms with E-state index >= 15 is 0 Å². The van der Waals surface area contributed by atoms with Crippen LogP contribution < -0.4 is 27.2 Å². The summed E-state index contributed by atoms with van der Waals surface area (Å²) in [6, 6.07) is 0. The number of nitrogens with two attached hydrogens (primary N) is 1. The summed E-state index contributed by atoms with van der Waals surface area (Å²) in [5.41, 5.74) is 4.14. The van der Waals surface area contributed by atoms with Crippen LogP contribution in [0.3, 0.4) is 0 Å². The molecule has 14 nitrogen and oxygen atoms in total. The molecule has 1 aromatic rings. The van der Waals surface area contributed by atoms with E-state index in [1.54, 1.807) is 13.8 Å². The van der Waals surface area contributed by atoms with Crippen LogP contribution in [0, 0.1) is 0 Å². The Balaban J connectivity index is 2.14. The third-order valence-corrected chi connectivity index (χ3v) is 6.53. The number of H-pyrrole nitrogens is 1. The fraction of sp³-hybridized carbons (Fsp3) is 0.696. The lowest BCUT2D eigenvalue weighted by molar-refractivity contribution is -0.231. The van der Waals surface area contributed by atoms with Crippen molar-refractivity contribution in [1.82, 2.24) is 19.8 Å². The summed E-state index contributed by atoms with van der Waals surface area (Å²) in [4.78, 5) is 53.2. The second-order valence-corrected chi connectivity index (χ2v) is 10.8. The van der Waals surface area contributed by atoms with Gasteiger partial charge in [0.2, 0.25) is 5.91 Å². The molecule has 1 saturated heterocycles. The maximum atomic E-state index is 12.6. The van der Waals surface area contributed by atoms with Crippen molar-refractivity contribution in [3.63, 3.8) is 0 Å². The minimum atomic E-state index is -4.57. The molecule has 0 spiro atoms. The molecule has 38 heavy (non-hydrogen) atoms. The van der Waals surface area contributed by atoms with Crippen LogP contribution in [0.25, 0.3) is 6.08 Å². The van der Waals surface area contributed by atoms with E-state index in [0.717, 1.165) is 0 Å². The number of carbonyl (C=O) groups is 1. The zero-order valence-electron chi connectivity index (χ0n) is 22.5. The van der Waals surface area contributed by atoms with Gasteiger partial charge in [0.15, 0.2) is 0 Å². The van der Waals surface area contributed by atoms with Gasteiger partial charge in [-0.2, -0.15) is 0 Å². The Morgan fingerprint density at radius 3 is 2.68 bits per heavy atom. The Labute approximate surface area is 221 Å². The average Bonchev–Trinajstić information content (AvgIpc) is 3.18. The van der Waals surface area contributed by atoms with Gasteiger partial charge in [-0.05, 0) is 40.8 Å². The number of ether oxygens (including phenoxy) is 2. The van der Waals surface area contributed by atoms with Gasteiger partial charge >= 0.3 is 5.69 Å². The first-order valence-corrected chi connectivity index (χ1v) is 13.9. The fourth-order valence-electron chi connectivity index (χ4n) is 3.73. The van der Waals surface area contributed by atoms with E-state index in [1.165, 1.54) is 22.9 Å². The summed E-state index contributed by atoms with van der Waals surface area (Å²) in [6.07, 6.45) is 0.836. The van der Waals surface area contributed by atoms with Gasteiger partial charge in [-0.25, -0.2) is 4.79 Å². The van der Waals surface area contributed by atoms with Gasteiger partial charge in [0.05, 0.1) is 30.5 Å². The first-order valence-electron chi connectivity index (χ1n) is 12.5. The number of likely N-dealkylation sites (N-methyl/N-ethyl adjacent to an activating group) is 1. The highest BCUT2D eigenvalue weighted by molar-refractivity contribution is 7.45. The molecule has 1 aliphatic rings. The van der Waals surface area contributed by atoms with Crippen molar-refractivity contribution in [3.8, 4) is 0 Å². The number of aromatic nitrogens is 2. The number of aromatic amines is 1. The predicted molar refractivity (Wildman–Crippen MR) is 138 cm³/mol. The summed E-state index contributed by atoms with van der Waals surface area (Å²) >= 11 is 0. The van der Waals surface area contributed by atoms with E-state index in [9.17, 15) is 23.8 Å². The highest BCUT2D eigenvalue weighted by Gasteiger charge is 2.39. The van der Waals surface area contributed by atoms with Gasteiger partial charge in [-0.15, -0.1) is 0 Å². The van der Waals surface area contributed by atoms with Gasteiger partial charge < -0.3 is 39.4 Å². The van der Waals surface area contributed by atoms with E-state index in [2.05, 4.69) is 10.3 Å². The van der Waals surface area contributed by atoms with Crippen LogP contribution in [0.2, 0.25) is 0 Å². The van der Waals surface area contributed by atoms with Gasteiger partial charge in [-0.1, -0.05) is 0 Å². The number of phosphoric ester groups is 1. The van der Waals surface area contributed by atoms with E-state index < -0.39 is 49.5 Å². The number of hydrogen-bond donors (Lipinski definition) is 3. The van der Waals surface area contributed by atoms with Crippen LogP contribution in [0.5, 0.6) is 0 Å². The highest BCUT2D eigenvalue weighted by Crippen LogP contribution is 2.41. The molecule has 0 aromatic carbocycles. The summed E-state index contributed by atoms with van der Waals surface area (Å²) in [6.45, 7) is 8.56. The Hall–Kier alpha value is -2.16. The Kier molecular flexibility index (Phi) is 12.5. The molecular weight excluding hydrogens is 521 g/mol. The fourth-order valence-corrected chi connectivity index (χ4v) is 4.63. The third-order valence-electron chi connectivity index (χ3n) is 5.39. The number of nitrogens with one attached hydrogen (secondary N) is 2. The smallest absolute Gasteiger partial charge is 0.330 e. The molecule has 4 N–H and O–H groups in total. The largest absolute Gasteiger partial charge is 0.756 e. The van der Waals surface area contributed by atoms with Crippen molar-refractivity contribution in [2.24, 2.45) is 5.73 Å². The number of amides is 1. The SMILES string of the molecule is CC(C)OC1CC(n2cc(/C=C/C(=O)NCCN(C)CCN)c(=O)[nH]c2=O)OC1COP(=O)([O-])OC(C)C. The summed E-state index contributed by atoms with van der Waals surface area (Å²) < 4.78 is 34.7. The molecule has 1 aliphatic heterocycles. The average molecular weight is 561 g/mol. The number of phosphoric acid groups is 1. The lowest BCUT2D eigenvalue weighted by atomic mass is 10.2. The lowest BCUT2D eigenvalue weighted by Gasteiger charge is -2.27. The molecule has 1 aromatic heterocycles. The predicted octanol–water partition coefficient (Wildman–Crippen LogP) is -0.452. The standard InChI is InChI=1S/C23H40N5O9P/c1-15(2)35-18-12-21(36-19(18)14-34-38(32,33)37-16(3)4)28-13-17(22(30)26-23(28)31)6-7-20(29)25-9-11-27(5)10-8-24/h6-7,13,15-16,18-19,21H,8-12,14,24H2,1-5H3,(H,25,29)(H,32,33)(H,26,30,31)/p-1/b7-6+. The Morgan fingerprint density at radius 1 is 1.34 bits per heavy atom. The first kappa shape index (κ1) is 32.1. The van der Waals surface area contributed by atoms with Gasteiger partial charge in [0, 0.05) is 44.9 Å². The van der Waals surface area contributed by atoms with E-state index in [4.69, 9.17) is 24.3 Å². The normalized spacial score (nSPS) is 21.6. The molecule has 2 heterocycles. The molecule has 216 valence electrons. The number of carbonyl (C=O) groups excluding carboxylic acids is 1. The maximum absolute atomic E-state index is 12.6. The van der Waals surface area contributed by atoms with Crippen LogP contribution in [-0.2, 0) is 27.9 Å². The monoisotopic (exact) mass is 560 g/mol. The van der Waals surface area contributed by atoms with Crippen molar-refractivity contribution in [3.05, 3.63) is 38.7 Å². The van der Waals surface area contributed by atoms with E-state index in [1.807, 2.05) is 25.8 Å². The molecule has 0 saturated carbocycles. The quantitative estimate of drug-likeness (QED) is 0.186. The Morgan fingerprint density at radius 2 is 2.05 bits per heavy atom. The minimum absolute atomic E-state index is 0.0546. The van der Waals surface area contributed by atoms with Crippen LogP contribution >= 0.6 is 7.82 Å². The van der Waals surface area contributed by atoms with Crippen molar-refractivity contribution in [2.75, 3.05) is 39.8 Å². The maximum Gasteiger partial charge on any atom is 0.330 e. The molecular formula is C23H39N5O9P-. The van der Waals surface area contributed by atoms with Crippen LogP contribution in [0.4, 0.5) is 0 Å². The zero-order valence-corrected chi connectivity index (χ0v) is 23.3. The topological polar surface area (TPSA) is 190 Å². The van der Waals surface area contributed by atoms with Gasteiger partial charge in [-0.3, -0.25) is 23.7 Å². The van der Waals surface area contributed by atoms with Crippen molar-refractivity contribution >= 4 is 19.8 Å². The molecule has 0 bridgehead atoms. The minimum Gasteiger partial charge on any atom is -0.756 e. The number of hydrogen-bond acceptors (Lipinski definition) is 11. The molecule has 0 radical (unpaired) electrons. The van der Waals surface area contributed by atoms with Gasteiger partial charge in [0.1, 0.15) is 12.3 Å². The molecule has 4 atom stereocenters. The van der Waals surface area contributed by atoms with Crippen molar-refractivity contribution in [1.29, 1.82) is 0 Å². The van der Waals surface area contributed by atoms with E-state index in [0.29, 0.717) is 26.2 Å².